The number of anilines is 1. The number of benzene rings is 1. The number of rotatable bonds is 3. The van der Waals surface area contributed by atoms with E-state index < -0.39 is 10.0 Å². The fourth-order valence-corrected chi connectivity index (χ4v) is 4.86. The van der Waals surface area contributed by atoms with Crippen molar-refractivity contribution in [3.05, 3.63) is 23.3 Å². The maximum absolute atomic E-state index is 12.7. The van der Waals surface area contributed by atoms with Gasteiger partial charge < -0.3 is 5.73 Å². The van der Waals surface area contributed by atoms with Gasteiger partial charge in [0.1, 0.15) is 0 Å². The first-order chi connectivity index (χ1) is 9.62. The van der Waals surface area contributed by atoms with Crippen LogP contribution in [0.1, 0.15) is 50.7 Å². The minimum Gasteiger partial charge on any atom is -0.398 e. The number of hydrogen-bond acceptors (Lipinski definition) is 3. The van der Waals surface area contributed by atoms with Gasteiger partial charge in [-0.2, -0.15) is 0 Å². The van der Waals surface area contributed by atoms with Gasteiger partial charge in [0.05, 0.1) is 4.90 Å². The highest BCUT2D eigenvalue weighted by atomic mass is 32.2. The molecule has 1 aliphatic carbocycles. The number of aryl methyl sites for hydroxylation is 1. The largest absolute Gasteiger partial charge is 0.398 e. The van der Waals surface area contributed by atoms with Gasteiger partial charge in [0, 0.05) is 11.7 Å². The van der Waals surface area contributed by atoms with Gasteiger partial charge in [-0.05, 0) is 62.1 Å². The first-order valence-corrected chi connectivity index (χ1v) is 8.99. The maximum Gasteiger partial charge on any atom is 0.241 e. The molecule has 2 rings (SSSR count). The Kier molecular flexibility index (Phi) is 4.36. The minimum atomic E-state index is -3.51. The summed E-state index contributed by atoms with van der Waals surface area (Å²) in [6, 6.07) is 3.55. The van der Waals surface area contributed by atoms with Crippen molar-refractivity contribution >= 4 is 15.7 Å². The van der Waals surface area contributed by atoms with E-state index in [0.717, 1.165) is 31.2 Å². The Morgan fingerprint density at radius 1 is 1.19 bits per heavy atom. The topological polar surface area (TPSA) is 72.2 Å². The van der Waals surface area contributed by atoms with Crippen molar-refractivity contribution in [2.45, 2.75) is 64.3 Å². The lowest BCUT2D eigenvalue weighted by Crippen LogP contribution is -2.39. The molecule has 1 saturated carbocycles. The lowest BCUT2D eigenvalue weighted by atomic mass is 9.76. The van der Waals surface area contributed by atoms with Gasteiger partial charge in [0.2, 0.25) is 10.0 Å². The van der Waals surface area contributed by atoms with E-state index in [0.29, 0.717) is 21.6 Å². The van der Waals surface area contributed by atoms with Crippen molar-refractivity contribution in [3.63, 3.8) is 0 Å². The summed E-state index contributed by atoms with van der Waals surface area (Å²) in [7, 11) is -3.51. The molecule has 0 aliphatic heterocycles. The summed E-state index contributed by atoms with van der Waals surface area (Å²) >= 11 is 0. The quantitative estimate of drug-likeness (QED) is 0.842. The average molecular weight is 310 g/mol. The normalized spacial score (nSPS) is 19.6. The molecule has 5 heteroatoms. The van der Waals surface area contributed by atoms with Crippen LogP contribution in [0.3, 0.4) is 0 Å². The minimum absolute atomic E-state index is 0.0308. The Morgan fingerprint density at radius 3 is 2.33 bits per heavy atom. The molecule has 0 aromatic heterocycles. The van der Waals surface area contributed by atoms with Crippen LogP contribution in [-0.4, -0.2) is 14.5 Å². The summed E-state index contributed by atoms with van der Waals surface area (Å²) in [6.45, 7) is 8.06. The molecule has 0 radical (unpaired) electrons. The van der Waals surface area contributed by atoms with Crippen LogP contribution in [-0.2, 0) is 10.0 Å². The molecule has 118 valence electrons. The Balaban J connectivity index is 2.22. The summed E-state index contributed by atoms with van der Waals surface area (Å²) in [5.41, 5.74) is 8.08. The third-order valence-corrected chi connectivity index (χ3v) is 6.38. The number of nitrogens with one attached hydrogen (secondary N) is 1. The van der Waals surface area contributed by atoms with E-state index >= 15 is 0 Å². The molecule has 21 heavy (non-hydrogen) atoms. The Bertz CT molecular complexity index is 626. The van der Waals surface area contributed by atoms with Gasteiger partial charge in [-0.25, -0.2) is 13.1 Å². The van der Waals surface area contributed by atoms with Gasteiger partial charge in [-0.15, -0.1) is 0 Å². The van der Waals surface area contributed by atoms with Gasteiger partial charge in [0.15, 0.2) is 0 Å². The third-order valence-electron chi connectivity index (χ3n) is 4.57. The van der Waals surface area contributed by atoms with Crippen LogP contribution in [0.4, 0.5) is 5.69 Å². The monoisotopic (exact) mass is 310 g/mol. The SMILES string of the molecule is Cc1ccc(N)c(C)c1S(=O)(=O)NC1CCC(C)(C)CC1. The van der Waals surface area contributed by atoms with Crippen molar-refractivity contribution in [1.82, 2.24) is 4.72 Å². The Hall–Kier alpha value is -1.07. The zero-order valence-corrected chi connectivity index (χ0v) is 14.2. The first-order valence-electron chi connectivity index (χ1n) is 7.50. The molecule has 0 atom stereocenters. The molecule has 0 bridgehead atoms. The summed E-state index contributed by atoms with van der Waals surface area (Å²) < 4.78 is 28.3. The fourth-order valence-electron chi connectivity index (χ4n) is 3.05. The molecule has 0 amide bonds. The molecule has 0 saturated heterocycles. The number of nitrogen functional groups attached to an aromatic ring is 1. The van der Waals surface area contributed by atoms with Crippen molar-refractivity contribution in [3.8, 4) is 0 Å². The van der Waals surface area contributed by atoms with Gasteiger partial charge in [-0.1, -0.05) is 19.9 Å². The Morgan fingerprint density at radius 2 is 1.76 bits per heavy atom. The molecule has 0 unspecified atom stereocenters. The van der Waals surface area contributed by atoms with Crippen LogP contribution in [0.25, 0.3) is 0 Å². The fraction of sp³-hybridized carbons (Fsp3) is 0.625. The zero-order valence-electron chi connectivity index (χ0n) is 13.4. The van der Waals surface area contributed by atoms with E-state index in [1.807, 2.05) is 6.92 Å². The van der Waals surface area contributed by atoms with E-state index in [2.05, 4.69) is 18.6 Å². The van der Waals surface area contributed by atoms with E-state index in [1.54, 1.807) is 19.1 Å². The van der Waals surface area contributed by atoms with Crippen molar-refractivity contribution < 1.29 is 8.42 Å². The Labute approximate surface area is 128 Å². The van der Waals surface area contributed by atoms with Crippen LogP contribution >= 0.6 is 0 Å². The maximum atomic E-state index is 12.7. The molecular formula is C16H26N2O2S. The van der Waals surface area contributed by atoms with Gasteiger partial charge >= 0.3 is 0 Å². The number of sulfonamides is 1. The second-order valence-corrected chi connectivity index (χ2v) is 8.64. The molecular weight excluding hydrogens is 284 g/mol. The van der Waals surface area contributed by atoms with Crippen molar-refractivity contribution in [2.75, 3.05) is 5.73 Å². The molecule has 4 nitrogen and oxygen atoms in total. The zero-order chi connectivity index (χ0) is 15.8. The van der Waals surface area contributed by atoms with Gasteiger partial charge in [-0.3, -0.25) is 0 Å². The van der Waals surface area contributed by atoms with E-state index in [9.17, 15) is 8.42 Å². The summed E-state index contributed by atoms with van der Waals surface area (Å²) in [4.78, 5) is 0.340. The van der Waals surface area contributed by atoms with Crippen LogP contribution < -0.4 is 10.5 Å². The molecule has 0 heterocycles. The van der Waals surface area contributed by atoms with E-state index in [-0.39, 0.29) is 6.04 Å². The standard InChI is InChI=1S/C16H26N2O2S/c1-11-5-6-14(17)12(2)15(11)21(19,20)18-13-7-9-16(3,4)10-8-13/h5-6,13,18H,7-10,17H2,1-4H3. The average Bonchev–Trinajstić information content (AvgIpc) is 2.36. The van der Waals surface area contributed by atoms with Crippen LogP contribution in [0.5, 0.6) is 0 Å². The number of nitrogens with two attached hydrogens (primary N) is 1. The highest BCUT2D eigenvalue weighted by Gasteiger charge is 2.30. The predicted octanol–water partition coefficient (Wildman–Crippen LogP) is 3.13. The summed E-state index contributed by atoms with van der Waals surface area (Å²) in [5.74, 6) is 0. The first kappa shape index (κ1) is 16.3. The predicted molar refractivity (Wildman–Crippen MR) is 86.7 cm³/mol. The van der Waals surface area contributed by atoms with E-state index in [1.165, 1.54) is 0 Å². The van der Waals surface area contributed by atoms with Gasteiger partial charge in [0.25, 0.3) is 0 Å². The second-order valence-electron chi connectivity index (χ2n) is 6.99. The van der Waals surface area contributed by atoms with Crippen molar-refractivity contribution in [2.24, 2.45) is 5.41 Å². The molecule has 1 aromatic carbocycles. The smallest absolute Gasteiger partial charge is 0.241 e. The van der Waals surface area contributed by atoms with Crippen molar-refractivity contribution in [1.29, 1.82) is 0 Å². The molecule has 0 spiro atoms. The highest BCUT2D eigenvalue weighted by Crippen LogP contribution is 2.35. The van der Waals surface area contributed by atoms with E-state index in [4.69, 9.17) is 5.73 Å². The highest BCUT2D eigenvalue weighted by molar-refractivity contribution is 7.89. The van der Waals surface area contributed by atoms with Crippen LogP contribution in [0, 0.1) is 19.3 Å². The third kappa shape index (κ3) is 3.58. The second kappa shape index (κ2) is 5.61. The van der Waals surface area contributed by atoms with Crippen LogP contribution in [0.15, 0.2) is 17.0 Å². The summed E-state index contributed by atoms with van der Waals surface area (Å²) in [6.07, 6.45) is 3.89. The molecule has 1 fully saturated rings. The lowest BCUT2D eigenvalue weighted by molar-refractivity contribution is 0.218. The van der Waals surface area contributed by atoms with Crippen LogP contribution in [0.2, 0.25) is 0 Å². The molecule has 3 N–H and O–H groups in total. The molecule has 1 aromatic rings. The molecule has 1 aliphatic rings. The summed E-state index contributed by atoms with van der Waals surface area (Å²) in [5, 5.41) is 0. The number of hydrogen-bond donors (Lipinski definition) is 2. The lowest BCUT2D eigenvalue weighted by Gasteiger charge is -2.34.